The lowest BCUT2D eigenvalue weighted by Gasteiger charge is -2.07. The summed E-state index contributed by atoms with van der Waals surface area (Å²) in [5.41, 5.74) is 6.17. The maximum atomic E-state index is 12.1. The summed E-state index contributed by atoms with van der Waals surface area (Å²) in [5, 5.41) is 13.1. The smallest absolute Gasteiger partial charge is 0.320 e. The lowest BCUT2D eigenvalue weighted by atomic mass is 9.97. The summed E-state index contributed by atoms with van der Waals surface area (Å²) in [5.74, 6) is -0.899. The van der Waals surface area contributed by atoms with E-state index in [1.54, 1.807) is 6.07 Å². The number of aliphatic carboxylic acids is 1. The molecular weight excluding hydrogens is 284 g/mol. The van der Waals surface area contributed by atoms with Gasteiger partial charge in [-0.15, -0.1) is 0 Å². The lowest BCUT2D eigenvalue weighted by molar-refractivity contribution is -0.138. The van der Waals surface area contributed by atoms with Crippen LogP contribution in [0.25, 0.3) is 21.9 Å². The number of aromatic nitrogens is 1. The zero-order chi connectivity index (χ0) is 15.7. The average Bonchev–Trinajstić information content (AvgIpc) is 2.87. The fraction of sp³-hybridized carbons (Fsp3) is 0.125. The van der Waals surface area contributed by atoms with E-state index >= 15 is 0 Å². The molecule has 0 aliphatic heterocycles. The van der Waals surface area contributed by atoms with Gasteiger partial charge in [0.05, 0.1) is 5.56 Å². The van der Waals surface area contributed by atoms with E-state index in [4.69, 9.17) is 15.4 Å². The Morgan fingerprint density at radius 3 is 2.73 bits per heavy atom. The van der Waals surface area contributed by atoms with Crippen molar-refractivity contribution in [3.05, 3.63) is 58.6 Å². The summed E-state index contributed by atoms with van der Waals surface area (Å²) in [4.78, 5) is 23.0. The van der Waals surface area contributed by atoms with E-state index in [2.05, 4.69) is 5.16 Å². The molecule has 0 saturated heterocycles. The highest BCUT2D eigenvalue weighted by Crippen LogP contribution is 2.29. The SMILES string of the molecule is N[C@H](Cc1o[nH]c(=O)c1-c1cccc2ccccc12)C(=O)O. The van der Waals surface area contributed by atoms with Crippen molar-refractivity contribution in [3.63, 3.8) is 0 Å². The number of carboxylic acid groups (broad SMARTS) is 1. The van der Waals surface area contributed by atoms with Gasteiger partial charge in [0.1, 0.15) is 11.8 Å². The maximum Gasteiger partial charge on any atom is 0.320 e. The van der Waals surface area contributed by atoms with Gasteiger partial charge < -0.3 is 15.4 Å². The van der Waals surface area contributed by atoms with Crippen LogP contribution in [0.5, 0.6) is 0 Å². The fourth-order valence-corrected chi connectivity index (χ4v) is 2.48. The van der Waals surface area contributed by atoms with Crippen LogP contribution in [-0.2, 0) is 11.2 Å². The molecule has 0 unspecified atom stereocenters. The van der Waals surface area contributed by atoms with Crippen LogP contribution >= 0.6 is 0 Å². The molecule has 2 aromatic carbocycles. The number of hydrogen-bond acceptors (Lipinski definition) is 4. The molecule has 1 atom stereocenters. The van der Waals surface area contributed by atoms with Gasteiger partial charge in [-0.2, -0.15) is 5.16 Å². The van der Waals surface area contributed by atoms with Crippen molar-refractivity contribution < 1.29 is 14.4 Å². The van der Waals surface area contributed by atoms with Crippen LogP contribution in [0, 0.1) is 0 Å². The van der Waals surface area contributed by atoms with E-state index in [1.807, 2.05) is 36.4 Å². The molecule has 6 nitrogen and oxygen atoms in total. The standard InChI is InChI=1S/C16H14N2O4/c17-12(16(20)21)8-13-14(15(19)18-22-13)11-7-3-5-9-4-1-2-6-10(9)11/h1-7,12H,8,17H2,(H,18,19)(H,20,21)/t12-/m1/s1. The molecule has 112 valence electrons. The number of hydrogen-bond donors (Lipinski definition) is 3. The quantitative estimate of drug-likeness (QED) is 0.679. The number of rotatable bonds is 4. The molecule has 0 spiro atoms. The van der Waals surface area contributed by atoms with Gasteiger partial charge in [0.25, 0.3) is 5.56 Å². The van der Waals surface area contributed by atoms with Gasteiger partial charge in [0.2, 0.25) is 0 Å². The topological polar surface area (TPSA) is 109 Å². The highest BCUT2D eigenvalue weighted by molar-refractivity contribution is 5.96. The lowest BCUT2D eigenvalue weighted by Crippen LogP contribution is -2.32. The van der Waals surface area contributed by atoms with E-state index in [0.29, 0.717) is 11.1 Å². The second-order valence-electron chi connectivity index (χ2n) is 5.01. The van der Waals surface area contributed by atoms with Crippen molar-refractivity contribution in [2.75, 3.05) is 0 Å². The van der Waals surface area contributed by atoms with Gasteiger partial charge in [-0.1, -0.05) is 42.5 Å². The molecule has 0 amide bonds. The Morgan fingerprint density at radius 2 is 1.95 bits per heavy atom. The van der Waals surface area contributed by atoms with Gasteiger partial charge >= 0.3 is 5.97 Å². The summed E-state index contributed by atoms with van der Waals surface area (Å²) in [6, 6.07) is 12.1. The third kappa shape index (κ3) is 2.40. The first-order valence-corrected chi connectivity index (χ1v) is 6.75. The maximum absolute atomic E-state index is 12.1. The van der Waals surface area contributed by atoms with Crippen LogP contribution < -0.4 is 11.3 Å². The zero-order valence-electron chi connectivity index (χ0n) is 11.6. The average molecular weight is 298 g/mol. The van der Waals surface area contributed by atoms with Crippen molar-refractivity contribution in [3.8, 4) is 11.1 Å². The van der Waals surface area contributed by atoms with Gasteiger partial charge in [-0.05, 0) is 16.3 Å². The van der Waals surface area contributed by atoms with E-state index in [0.717, 1.165) is 10.8 Å². The van der Waals surface area contributed by atoms with Crippen molar-refractivity contribution in [1.29, 1.82) is 0 Å². The van der Waals surface area contributed by atoms with Crippen LogP contribution in [0.1, 0.15) is 5.76 Å². The Kier molecular flexibility index (Phi) is 3.52. The largest absolute Gasteiger partial charge is 0.480 e. The third-order valence-corrected chi connectivity index (χ3v) is 3.55. The molecule has 4 N–H and O–H groups in total. The minimum Gasteiger partial charge on any atom is -0.480 e. The number of carbonyl (C=O) groups is 1. The normalized spacial score (nSPS) is 12.4. The van der Waals surface area contributed by atoms with Crippen LogP contribution in [-0.4, -0.2) is 22.3 Å². The number of aromatic amines is 1. The molecular formula is C16H14N2O4. The number of benzene rings is 2. The van der Waals surface area contributed by atoms with Crippen molar-refractivity contribution in [2.24, 2.45) is 5.73 Å². The number of nitrogens with two attached hydrogens (primary N) is 1. The minimum absolute atomic E-state index is 0.0629. The Morgan fingerprint density at radius 1 is 1.23 bits per heavy atom. The van der Waals surface area contributed by atoms with Crippen LogP contribution in [0.2, 0.25) is 0 Å². The van der Waals surface area contributed by atoms with Gasteiger partial charge in [-0.3, -0.25) is 9.59 Å². The van der Waals surface area contributed by atoms with Gasteiger partial charge in [-0.25, -0.2) is 0 Å². The minimum atomic E-state index is -1.15. The first kappa shape index (κ1) is 14.1. The van der Waals surface area contributed by atoms with Crippen LogP contribution in [0.4, 0.5) is 0 Å². The molecule has 6 heteroatoms. The van der Waals surface area contributed by atoms with Gasteiger partial charge in [0, 0.05) is 6.42 Å². The van der Waals surface area contributed by atoms with Gasteiger partial charge in [0.15, 0.2) is 0 Å². The van der Waals surface area contributed by atoms with Crippen molar-refractivity contribution >= 4 is 16.7 Å². The zero-order valence-corrected chi connectivity index (χ0v) is 11.6. The molecule has 3 aromatic rings. The summed E-state index contributed by atoms with van der Waals surface area (Å²) in [6.45, 7) is 0. The predicted octanol–water partition coefficient (Wildman–Crippen LogP) is 1.74. The predicted molar refractivity (Wildman–Crippen MR) is 81.6 cm³/mol. The van der Waals surface area contributed by atoms with Crippen molar-refractivity contribution in [2.45, 2.75) is 12.5 Å². The number of fused-ring (bicyclic) bond motifs is 1. The summed E-state index contributed by atoms with van der Waals surface area (Å²) >= 11 is 0. The Balaban J connectivity index is 2.17. The molecule has 22 heavy (non-hydrogen) atoms. The molecule has 0 aliphatic carbocycles. The van der Waals surface area contributed by atoms with E-state index in [1.165, 1.54) is 0 Å². The van der Waals surface area contributed by atoms with Crippen molar-refractivity contribution in [1.82, 2.24) is 5.16 Å². The second-order valence-corrected chi connectivity index (χ2v) is 5.01. The fourth-order valence-electron chi connectivity index (χ4n) is 2.48. The van der Waals surface area contributed by atoms with Crippen LogP contribution in [0.3, 0.4) is 0 Å². The Labute approximate surface area is 125 Å². The molecule has 0 aliphatic rings. The van der Waals surface area contributed by atoms with Crippen LogP contribution in [0.15, 0.2) is 51.8 Å². The Bertz CT molecular complexity index is 889. The first-order chi connectivity index (χ1) is 10.6. The molecule has 1 aromatic heterocycles. The summed E-state index contributed by atoms with van der Waals surface area (Å²) in [7, 11) is 0. The summed E-state index contributed by atoms with van der Waals surface area (Å²) < 4.78 is 5.14. The molecule has 0 saturated carbocycles. The molecule has 0 radical (unpaired) electrons. The molecule has 0 bridgehead atoms. The van der Waals surface area contributed by atoms with E-state index in [9.17, 15) is 9.59 Å². The molecule has 3 rings (SSSR count). The monoisotopic (exact) mass is 298 g/mol. The number of carboxylic acids is 1. The molecule has 0 fully saturated rings. The second kappa shape index (κ2) is 5.50. The van der Waals surface area contributed by atoms with E-state index in [-0.39, 0.29) is 12.2 Å². The Hall–Kier alpha value is -2.86. The number of nitrogens with one attached hydrogen (secondary N) is 1. The third-order valence-electron chi connectivity index (χ3n) is 3.55. The first-order valence-electron chi connectivity index (χ1n) is 6.75. The highest BCUT2D eigenvalue weighted by atomic mass is 16.5. The highest BCUT2D eigenvalue weighted by Gasteiger charge is 2.22. The molecule has 1 heterocycles. The van der Waals surface area contributed by atoms with E-state index < -0.39 is 17.6 Å². The number of H-pyrrole nitrogens is 1. The summed E-state index contributed by atoms with van der Waals surface area (Å²) in [6.07, 6.45) is -0.0629.